The van der Waals surface area contributed by atoms with Crippen LogP contribution in [0.3, 0.4) is 0 Å². The van der Waals surface area contributed by atoms with E-state index in [-0.39, 0.29) is 18.1 Å². The molecule has 0 unspecified atom stereocenters. The quantitative estimate of drug-likeness (QED) is 0.391. The highest BCUT2D eigenvalue weighted by Gasteiger charge is 2.73. The molecular formula is C23H30F4O2S2. The monoisotopic (exact) mass is 478 g/mol. The van der Waals surface area contributed by atoms with Crippen molar-refractivity contribution in [2.24, 2.45) is 22.7 Å². The largest absolute Gasteiger partial charge is 0.397 e. The molecule has 3 saturated carbocycles. The van der Waals surface area contributed by atoms with E-state index in [0.717, 1.165) is 17.3 Å². The van der Waals surface area contributed by atoms with Crippen molar-refractivity contribution in [2.45, 2.75) is 74.9 Å². The Hall–Kier alpha value is -0.470. The van der Waals surface area contributed by atoms with Crippen molar-refractivity contribution in [1.82, 2.24) is 0 Å². The van der Waals surface area contributed by atoms with Crippen LogP contribution >= 0.6 is 23.5 Å². The van der Waals surface area contributed by atoms with Crippen molar-refractivity contribution < 1.29 is 27.5 Å². The van der Waals surface area contributed by atoms with Gasteiger partial charge in [-0.1, -0.05) is 25.5 Å². The lowest BCUT2D eigenvalue weighted by Gasteiger charge is -2.63. The SMILES string of the molecule is CCS[C@@]1(SCC(F)(F)F)CC[C@H]2[C@@H]3CCC4=CC(=O)C=C[C@]4(C)[C@@]3(F)[C@@H](O)C[C@@]21C. The summed E-state index contributed by atoms with van der Waals surface area (Å²) in [5, 5.41) is 11.3. The average Bonchev–Trinajstić information content (AvgIpc) is 2.94. The summed E-state index contributed by atoms with van der Waals surface area (Å²) in [6, 6.07) is 0. The molecule has 8 heteroatoms. The normalized spacial score (nSPS) is 46.9. The number of thioether (sulfide) groups is 2. The molecule has 4 aliphatic carbocycles. The molecule has 0 saturated heterocycles. The third-order valence-electron chi connectivity index (χ3n) is 8.53. The predicted molar refractivity (Wildman–Crippen MR) is 118 cm³/mol. The number of aliphatic hydroxyl groups is 1. The van der Waals surface area contributed by atoms with E-state index in [9.17, 15) is 23.1 Å². The maximum absolute atomic E-state index is 17.0. The van der Waals surface area contributed by atoms with Crippen molar-refractivity contribution in [1.29, 1.82) is 0 Å². The highest BCUT2D eigenvalue weighted by Crippen LogP contribution is 2.74. The second-order valence-corrected chi connectivity index (χ2v) is 13.0. The Morgan fingerprint density at radius 3 is 2.55 bits per heavy atom. The van der Waals surface area contributed by atoms with Gasteiger partial charge in [0.05, 0.1) is 15.9 Å². The number of ketones is 1. The number of carbonyl (C=O) groups excluding carboxylic acids is 1. The number of halogens is 4. The van der Waals surface area contributed by atoms with E-state index in [1.54, 1.807) is 13.0 Å². The van der Waals surface area contributed by atoms with E-state index in [1.165, 1.54) is 23.9 Å². The first kappa shape index (κ1) is 23.7. The van der Waals surface area contributed by atoms with E-state index < -0.39 is 44.5 Å². The van der Waals surface area contributed by atoms with Crippen LogP contribution in [-0.4, -0.2) is 44.4 Å². The Bertz CT molecular complexity index is 827. The third-order valence-corrected chi connectivity index (χ3v) is 12.3. The minimum atomic E-state index is -4.27. The summed E-state index contributed by atoms with van der Waals surface area (Å²) in [4.78, 5) is 11.9. The van der Waals surface area contributed by atoms with E-state index in [1.807, 2.05) is 13.8 Å². The van der Waals surface area contributed by atoms with Crippen LogP contribution < -0.4 is 0 Å². The fraction of sp³-hybridized carbons (Fsp3) is 0.783. The lowest BCUT2D eigenvalue weighted by molar-refractivity contribution is -0.189. The van der Waals surface area contributed by atoms with Crippen LogP contribution in [-0.2, 0) is 4.79 Å². The first-order valence-corrected chi connectivity index (χ1v) is 13.0. The summed E-state index contributed by atoms with van der Waals surface area (Å²) in [5.41, 5.74) is -2.87. The van der Waals surface area contributed by atoms with Gasteiger partial charge in [-0.15, -0.1) is 23.5 Å². The Kier molecular flexibility index (Phi) is 5.75. The smallest absolute Gasteiger partial charge is 0.390 e. The van der Waals surface area contributed by atoms with Gasteiger partial charge in [-0.2, -0.15) is 13.2 Å². The lowest BCUT2D eigenvalue weighted by atomic mass is 9.46. The molecular weight excluding hydrogens is 448 g/mol. The molecule has 0 aromatic heterocycles. The molecule has 0 bridgehead atoms. The Morgan fingerprint density at radius 1 is 1.19 bits per heavy atom. The maximum atomic E-state index is 17.0. The van der Waals surface area contributed by atoms with Gasteiger partial charge >= 0.3 is 6.18 Å². The molecule has 4 aliphatic rings. The number of aliphatic hydroxyl groups excluding tert-OH is 1. The van der Waals surface area contributed by atoms with E-state index in [0.29, 0.717) is 31.4 Å². The number of rotatable bonds is 4. The molecule has 31 heavy (non-hydrogen) atoms. The minimum Gasteiger partial charge on any atom is -0.390 e. The van der Waals surface area contributed by atoms with Gasteiger partial charge in [0.25, 0.3) is 0 Å². The van der Waals surface area contributed by atoms with E-state index in [4.69, 9.17) is 0 Å². The van der Waals surface area contributed by atoms with E-state index >= 15 is 4.39 Å². The zero-order valence-electron chi connectivity index (χ0n) is 18.1. The van der Waals surface area contributed by atoms with Crippen LogP contribution in [0.4, 0.5) is 17.6 Å². The highest BCUT2D eigenvalue weighted by molar-refractivity contribution is 8.18. The summed E-state index contributed by atoms with van der Waals surface area (Å²) in [6.07, 6.45) is 1.40. The fourth-order valence-corrected chi connectivity index (χ4v) is 10.5. The van der Waals surface area contributed by atoms with Gasteiger partial charge in [0.15, 0.2) is 11.5 Å². The molecule has 0 spiro atoms. The van der Waals surface area contributed by atoms with Gasteiger partial charge in [0.1, 0.15) is 0 Å². The molecule has 0 aromatic carbocycles. The van der Waals surface area contributed by atoms with Crippen LogP contribution in [0.2, 0.25) is 0 Å². The molecule has 0 aliphatic heterocycles. The predicted octanol–water partition coefficient (Wildman–Crippen LogP) is 6.10. The zero-order chi connectivity index (χ0) is 22.9. The van der Waals surface area contributed by atoms with Crippen molar-refractivity contribution in [3.8, 4) is 0 Å². The Balaban J connectivity index is 1.74. The van der Waals surface area contributed by atoms with Crippen LogP contribution in [0.15, 0.2) is 23.8 Å². The molecule has 7 atom stereocenters. The molecule has 0 radical (unpaired) electrons. The van der Waals surface area contributed by atoms with Gasteiger partial charge in [-0.25, -0.2) is 4.39 Å². The number of allylic oxidation sites excluding steroid dienone is 4. The lowest BCUT2D eigenvalue weighted by Crippen LogP contribution is -2.67. The first-order valence-electron chi connectivity index (χ1n) is 11.0. The number of hydrogen-bond donors (Lipinski definition) is 1. The standard InChI is InChI=1S/C23H30F4O2S2/c1-4-30-21(31-13-22(24,25)26)10-8-16-17-6-5-14-11-15(28)7-9-19(14,2)23(17,27)18(29)12-20(16,21)3/h7,9,11,16-18,29H,4-6,8,10,12-13H2,1-3H3/t16-,17-,18-,19-,20-,21+,23-/m0/s1. The third kappa shape index (κ3) is 3.29. The molecule has 174 valence electrons. The number of alkyl halides is 4. The van der Waals surface area contributed by atoms with Crippen molar-refractivity contribution in [3.63, 3.8) is 0 Å². The average molecular weight is 479 g/mol. The van der Waals surface area contributed by atoms with Crippen molar-refractivity contribution >= 4 is 29.3 Å². The molecule has 3 fully saturated rings. The molecule has 1 N–H and O–H groups in total. The summed E-state index contributed by atoms with van der Waals surface area (Å²) in [7, 11) is 0. The van der Waals surface area contributed by atoms with Gasteiger partial charge in [0, 0.05) is 11.3 Å². The van der Waals surface area contributed by atoms with Gasteiger partial charge in [-0.3, -0.25) is 4.79 Å². The zero-order valence-corrected chi connectivity index (χ0v) is 19.7. The van der Waals surface area contributed by atoms with Gasteiger partial charge in [0.2, 0.25) is 0 Å². The second kappa shape index (κ2) is 7.52. The number of hydrogen-bond acceptors (Lipinski definition) is 4. The van der Waals surface area contributed by atoms with E-state index in [2.05, 4.69) is 0 Å². The summed E-state index contributed by atoms with van der Waals surface area (Å²) in [5.74, 6) is -0.978. The fourth-order valence-electron chi connectivity index (χ4n) is 7.11. The molecule has 0 amide bonds. The second-order valence-electron chi connectivity index (χ2n) is 9.89. The van der Waals surface area contributed by atoms with Crippen LogP contribution in [0.5, 0.6) is 0 Å². The summed E-state index contributed by atoms with van der Waals surface area (Å²) < 4.78 is 55.8. The first-order chi connectivity index (χ1) is 14.3. The molecule has 0 heterocycles. The number of carbonyl (C=O) groups is 1. The molecule has 2 nitrogen and oxygen atoms in total. The van der Waals surface area contributed by atoms with Crippen LogP contribution in [0.25, 0.3) is 0 Å². The minimum absolute atomic E-state index is 0.106. The van der Waals surface area contributed by atoms with Gasteiger partial charge < -0.3 is 5.11 Å². The molecule has 4 rings (SSSR count). The van der Waals surface area contributed by atoms with Crippen LogP contribution in [0.1, 0.15) is 52.9 Å². The van der Waals surface area contributed by atoms with Crippen molar-refractivity contribution in [3.05, 3.63) is 23.8 Å². The number of fused-ring (bicyclic) bond motifs is 5. The highest BCUT2D eigenvalue weighted by atomic mass is 32.2. The van der Waals surface area contributed by atoms with Crippen LogP contribution in [0, 0.1) is 22.7 Å². The topological polar surface area (TPSA) is 37.3 Å². The Labute approximate surface area is 189 Å². The maximum Gasteiger partial charge on any atom is 0.397 e. The van der Waals surface area contributed by atoms with Gasteiger partial charge in [-0.05, 0) is 68.3 Å². The summed E-state index contributed by atoms with van der Waals surface area (Å²) in [6.45, 7) is 5.69. The Morgan fingerprint density at radius 2 is 1.90 bits per heavy atom. The molecule has 0 aromatic rings. The van der Waals surface area contributed by atoms with Crippen molar-refractivity contribution in [2.75, 3.05) is 11.5 Å². The summed E-state index contributed by atoms with van der Waals surface area (Å²) >= 11 is 2.48.